The SMILES string of the molecule is Cc1cccc(NC(=O)N2CCCCC2C(=O)O)c1Br. The molecule has 2 amide bonds. The molecule has 2 N–H and O–H groups in total. The number of benzene rings is 1. The summed E-state index contributed by atoms with van der Waals surface area (Å²) in [5.74, 6) is -0.942. The fourth-order valence-electron chi connectivity index (χ4n) is 2.36. The summed E-state index contributed by atoms with van der Waals surface area (Å²) in [5.41, 5.74) is 1.67. The lowest BCUT2D eigenvalue weighted by Gasteiger charge is -2.33. The number of nitrogens with zero attached hydrogens (tertiary/aromatic N) is 1. The van der Waals surface area contributed by atoms with Crippen LogP contribution in [-0.4, -0.2) is 34.6 Å². The number of amides is 2. The summed E-state index contributed by atoms with van der Waals surface area (Å²) in [6.45, 7) is 2.41. The van der Waals surface area contributed by atoms with Gasteiger partial charge in [0.1, 0.15) is 6.04 Å². The average molecular weight is 341 g/mol. The lowest BCUT2D eigenvalue weighted by molar-refractivity contribution is -0.143. The predicted molar refractivity (Wildman–Crippen MR) is 79.9 cm³/mol. The monoisotopic (exact) mass is 340 g/mol. The molecule has 0 bridgehead atoms. The molecule has 1 saturated heterocycles. The summed E-state index contributed by atoms with van der Waals surface area (Å²) in [6, 6.07) is 4.48. The first-order valence-corrected chi connectivity index (χ1v) is 7.35. The fourth-order valence-corrected chi connectivity index (χ4v) is 2.73. The van der Waals surface area contributed by atoms with E-state index >= 15 is 0 Å². The number of urea groups is 1. The van der Waals surface area contributed by atoms with Gasteiger partial charge in [-0.05, 0) is 53.7 Å². The van der Waals surface area contributed by atoms with Gasteiger partial charge in [-0.25, -0.2) is 9.59 Å². The number of rotatable bonds is 2. The molecule has 1 aliphatic rings. The molecule has 1 unspecified atom stereocenters. The van der Waals surface area contributed by atoms with Crippen molar-refractivity contribution in [2.45, 2.75) is 32.2 Å². The smallest absolute Gasteiger partial charge is 0.326 e. The van der Waals surface area contributed by atoms with Crippen LogP contribution in [0, 0.1) is 6.92 Å². The first-order valence-electron chi connectivity index (χ1n) is 6.56. The molecule has 0 aromatic heterocycles. The summed E-state index contributed by atoms with van der Waals surface area (Å²) in [6.07, 6.45) is 2.19. The predicted octanol–water partition coefficient (Wildman–Crippen LogP) is 3.23. The van der Waals surface area contributed by atoms with Gasteiger partial charge in [0, 0.05) is 11.0 Å². The summed E-state index contributed by atoms with van der Waals surface area (Å²) in [7, 11) is 0. The van der Waals surface area contributed by atoms with Gasteiger partial charge in [-0.15, -0.1) is 0 Å². The van der Waals surface area contributed by atoms with Crippen LogP contribution in [0.3, 0.4) is 0 Å². The van der Waals surface area contributed by atoms with Gasteiger partial charge in [-0.2, -0.15) is 0 Å². The third-order valence-electron chi connectivity index (χ3n) is 3.48. The second-order valence-electron chi connectivity index (χ2n) is 4.91. The molecule has 0 aliphatic carbocycles. The molecule has 0 radical (unpaired) electrons. The minimum atomic E-state index is -0.942. The van der Waals surface area contributed by atoms with E-state index in [9.17, 15) is 14.7 Å². The van der Waals surface area contributed by atoms with Crippen LogP contribution in [0.2, 0.25) is 0 Å². The summed E-state index contributed by atoms with van der Waals surface area (Å²) in [4.78, 5) is 24.9. The quantitative estimate of drug-likeness (QED) is 0.868. The Morgan fingerprint density at radius 1 is 1.40 bits per heavy atom. The third-order valence-corrected chi connectivity index (χ3v) is 4.53. The number of anilines is 1. The maximum atomic E-state index is 12.3. The van der Waals surface area contributed by atoms with E-state index < -0.39 is 12.0 Å². The van der Waals surface area contributed by atoms with Gasteiger partial charge in [-0.3, -0.25) is 0 Å². The molecule has 5 nitrogen and oxygen atoms in total. The Hall–Kier alpha value is -1.56. The molecule has 0 saturated carbocycles. The van der Waals surface area contributed by atoms with Crippen molar-refractivity contribution in [3.63, 3.8) is 0 Å². The molecule has 1 heterocycles. The van der Waals surface area contributed by atoms with Crippen LogP contribution in [0.15, 0.2) is 22.7 Å². The Morgan fingerprint density at radius 2 is 2.15 bits per heavy atom. The van der Waals surface area contributed by atoms with Crippen molar-refractivity contribution in [3.05, 3.63) is 28.2 Å². The van der Waals surface area contributed by atoms with Gasteiger partial charge in [0.2, 0.25) is 0 Å². The van der Waals surface area contributed by atoms with Crippen LogP contribution >= 0.6 is 15.9 Å². The number of piperidine rings is 1. The topological polar surface area (TPSA) is 69.6 Å². The first-order chi connectivity index (χ1) is 9.50. The van der Waals surface area contributed by atoms with Crippen LogP contribution in [-0.2, 0) is 4.79 Å². The van der Waals surface area contributed by atoms with Gasteiger partial charge in [0.25, 0.3) is 0 Å². The van der Waals surface area contributed by atoms with Crippen molar-refractivity contribution in [1.29, 1.82) is 0 Å². The summed E-state index contributed by atoms with van der Waals surface area (Å²) in [5, 5.41) is 12.0. The highest BCUT2D eigenvalue weighted by Crippen LogP contribution is 2.27. The van der Waals surface area contributed by atoms with Gasteiger partial charge < -0.3 is 15.3 Å². The molecular weight excluding hydrogens is 324 g/mol. The second kappa shape index (κ2) is 6.26. The highest BCUT2D eigenvalue weighted by atomic mass is 79.9. The molecule has 108 valence electrons. The van der Waals surface area contributed by atoms with Crippen molar-refractivity contribution < 1.29 is 14.7 Å². The largest absolute Gasteiger partial charge is 0.480 e. The number of likely N-dealkylation sites (tertiary alicyclic amines) is 1. The average Bonchev–Trinajstić information content (AvgIpc) is 2.43. The number of carboxylic acid groups (broad SMARTS) is 1. The highest BCUT2D eigenvalue weighted by molar-refractivity contribution is 9.10. The fraction of sp³-hybridized carbons (Fsp3) is 0.429. The number of carbonyl (C=O) groups excluding carboxylic acids is 1. The molecule has 1 fully saturated rings. The standard InChI is InChI=1S/C14H17BrN2O3/c1-9-5-4-6-10(12(9)15)16-14(20)17-8-3-2-7-11(17)13(18)19/h4-6,11H,2-3,7-8H2,1H3,(H,16,20)(H,18,19). The van der Waals surface area contributed by atoms with Crippen molar-refractivity contribution in [2.24, 2.45) is 0 Å². The Kier molecular flexibility index (Phi) is 4.65. The van der Waals surface area contributed by atoms with Gasteiger partial charge in [0.15, 0.2) is 0 Å². The second-order valence-corrected chi connectivity index (χ2v) is 5.70. The number of carboxylic acids is 1. The van der Waals surface area contributed by atoms with Gasteiger partial charge in [0.05, 0.1) is 5.69 Å². The van der Waals surface area contributed by atoms with Gasteiger partial charge in [-0.1, -0.05) is 12.1 Å². The van der Waals surface area contributed by atoms with E-state index in [1.54, 1.807) is 6.07 Å². The molecule has 2 rings (SSSR count). The minimum Gasteiger partial charge on any atom is -0.480 e. The Labute approximate surface area is 126 Å². The molecule has 20 heavy (non-hydrogen) atoms. The number of nitrogens with one attached hydrogen (secondary N) is 1. The van der Waals surface area contributed by atoms with E-state index in [4.69, 9.17) is 0 Å². The maximum absolute atomic E-state index is 12.3. The molecule has 1 aromatic rings. The van der Waals surface area contributed by atoms with E-state index in [-0.39, 0.29) is 6.03 Å². The minimum absolute atomic E-state index is 0.358. The molecular formula is C14H17BrN2O3. The van der Waals surface area contributed by atoms with E-state index in [1.165, 1.54) is 4.90 Å². The molecule has 0 spiro atoms. The lowest BCUT2D eigenvalue weighted by Crippen LogP contribution is -2.49. The molecule has 6 heteroatoms. The lowest BCUT2D eigenvalue weighted by atomic mass is 10.0. The zero-order valence-electron chi connectivity index (χ0n) is 11.2. The van der Waals surface area contributed by atoms with Crippen LogP contribution in [0.5, 0.6) is 0 Å². The molecule has 1 aromatic carbocycles. The Bertz CT molecular complexity index is 533. The summed E-state index contributed by atoms with van der Waals surface area (Å²) >= 11 is 3.43. The van der Waals surface area contributed by atoms with E-state index in [1.807, 2.05) is 19.1 Å². The Morgan fingerprint density at radius 3 is 2.85 bits per heavy atom. The molecule has 1 atom stereocenters. The first kappa shape index (κ1) is 14.8. The van der Waals surface area contributed by atoms with Crippen molar-refractivity contribution in [1.82, 2.24) is 4.90 Å². The number of hydrogen-bond donors (Lipinski definition) is 2. The van der Waals surface area contributed by atoms with Gasteiger partial charge >= 0.3 is 12.0 Å². The van der Waals surface area contributed by atoms with E-state index in [0.29, 0.717) is 18.7 Å². The van der Waals surface area contributed by atoms with E-state index in [0.717, 1.165) is 22.9 Å². The highest BCUT2D eigenvalue weighted by Gasteiger charge is 2.32. The zero-order valence-corrected chi connectivity index (χ0v) is 12.8. The number of halogens is 1. The number of carbonyl (C=O) groups is 2. The third kappa shape index (κ3) is 3.12. The van der Waals surface area contributed by atoms with E-state index in [2.05, 4.69) is 21.2 Å². The van der Waals surface area contributed by atoms with Crippen LogP contribution in [0.1, 0.15) is 24.8 Å². The normalized spacial score (nSPS) is 18.7. The molecule has 1 aliphatic heterocycles. The van der Waals surface area contributed by atoms with Crippen molar-refractivity contribution in [2.75, 3.05) is 11.9 Å². The number of aryl methyl sites for hydroxylation is 1. The Balaban J connectivity index is 2.14. The zero-order chi connectivity index (χ0) is 14.7. The summed E-state index contributed by atoms with van der Waals surface area (Å²) < 4.78 is 0.817. The van der Waals surface area contributed by atoms with Crippen molar-refractivity contribution >= 4 is 33.6 Å². The van der Waals surface area contributed by atoms with Crippen LogP contribution < -0.4 is 5.32 Å². The number of aliphatic carboxylic acids is 1. The maximum Gasteiger partial charge on any atom is 0.326 e. The van der Waals surface area contributed by atoms with Crippen LogP contribution in [0.25, 0.3) is 0 Å². The van der Waals surface area contributed by atoms with Crippen molar-refractivity contribution in [3.8, 4) is 0 Å². The van der Waals surface area contributed by atoms with Crippen LogP contribution in [0.4, 0.5) is 10.5 Å². The number of hydrogen-bond acceptors (Lipinski definition) is 2.